The molecule has 0 unspecified atom stereocenters. The summed E-state index contributed by atoms with van der Waals surface area (Å²) in [5.41, 5.74) is 0. The normalized spacial score (nSPS) is 8.89. The summed E-state index contributed by atoms with van der Waals surface area (Å²) in [7, 11) is 0. The van der Waals surface area contributed by atoms with Gasteiger partial charge in [0.05, 0.1) is 0 Å². The number of rotatable bonds is 0. The zero-order valence-electron chi connectivity index (χ0n) is 5.20. The lowest BCUT2D eigenvalue weighted by molar-refractivity contribution is -0.0795. The first-order valence-corrected chi connectivity index (χ1v) is 2.25. The van der Waals surface area contributed by atoms with Gasteiger partial charge >= 0.3 is 6.18 Å². The van der Waals surface area contributed by atoms with Crippen molar-refractivity contribution in [1.29, 1.82) is 0 Å². The van der Waals surface area contributed by atoms with Crippen LogP contribution in [0.1, 0.15) is 6.92 Å². The fourth-order valence-electron chi connectivity index (χ4n) is 0. The minimum atomic E-state index is -4.19. The summed E-state index contributed by atoms with van der Waals surface area (Å²) < 4.78 is 32.0. The van der Waals surface area contributed by atoms with Crippen LogP contribution in [0.3, 0.4) is 0 Å². The van der Waals surface area contributed by atoms with E-state index in [1.165, 1.54) is 0 Å². The highest BCUT2D eigenvalue weighted by molar-refractivity contribution is 4.75. The molecule has 0 radical (unpaired) electrons. The molecule has 0 aromatic rings. The third kappa shape index (κ3) is 39.2. The zero-order valence-corrected chi connectivity index (χ0v) is 5.20. The molecule has 0 aliphatic carbocycles. The van der Waals surface area contributed by atoms with Crippen molar-refractivity contribution in [2.75, 3.05) is 0 Å². The Balaban J connectivity index is 0. The maximum atomic E-state index is 10.7. The smallest absolute Gasteiger partial charge is 0.167 e. The highest BCUT2D eigenvalue weighted by Gasteiger charge is 2.19. The van der Waals surface area contributed by atoms with Crippen LogP contribution in [0, 0.1) is 0 Å². The number of allylic oxidation sites excluding steroid dienone is 2. The van der Waals surface area contributed by atoms with Crippen molar-refractivity contribution < 1.29 is 13.2 Å². The zero-order chi connectivity index (χ0) is 7.91. The summed E-state index contributed by atoms with van der Waals surface area (Å²) in [6.07, 6.45) is -2.51. The van der Waals surface area contributed by atoms with Crippen LogP contribution in [-0.4, -0.2) is 6.18 Å². The molecule has 0 fully saturated rings. The van der Waals surface area contributed by atoms with Crippen molar-refractivity contribution >= 4 is 0 Å². The lowest BCUT2D eigenvalue weighted by Crippen LogP contribution is -1.98. The van der Waals surface area contributed by atoms with E-state index in [2.05, 4.69) is 13.2 Å². The summed E-state index contributed by atoms with van der Waals surface area (Å²) in [6, 6.07) is 0. The third-order valence-corrected chi connectivity index (χ3v) is 0.231. The first kappa shape index (κ1) is 11.1. The first-order valence-electron chi connectivity index (χ1n) is 2.25. The SMILES string of the molecule is C=CC.C=CC(F)(F)F. The van der Waals surface area contributed by atoms with Gasteiger partial charge in [0, 0.05) is 6.08 Å². The Kier molecular flexibility index (Phi) is 6.68. The van der Waals surface area contributed by atoms with Crippen LogP contribution in [-0.2, 0) is 0 Å². The fraction of sp³-hybridized carbons (Fsp3) is 0.333. The predicted molar refractivity (Wildman–Crippen MR) is 32.1 cm³/mol. The second-order valence-corrected chi connectivity index (χ2v) is 1.15. The second kappa shape index (κ2) is 5.41. The molecular formula is C6H9F3. The highest BCUT2D eigenvalue weighted by Crippen LogP contribution is 2.13. The van der Waals surface area contributed by atoms with Gasteiger partial charge in [0.2, 0.25) is 0 Å². The van der Waals surface area contributed by atoms with E-state index >= 15 is 0 Å². The van der Waals surface area contributed by atoms with E-state index in [4.69, 9.17) is 0 Å². The molecule has 0 nitrogen and oxygen atoms in total. The van der Waals surface area contributed by atoms with Crippen LogP contribution >= 0.6 is 0 Å². The first-order chi connectivity index (χ1) is 3.97. The molecule has 0 aliphatic rings. The molecule has 0 amide bonds. The summed E-state index contributed by atoms with van der Waals surface area (Å²) >= 11 is 0. The minimum Gasteiger partial charge on any atom is -0.167 e. The van der Waals surface area contributed by atoms with Gasteiger partial charge in [-0.25, -0.2) is 0 Å². The van der Waals surface area contributed by atoms with Crippen LogP contribution in [0.25, 0.3) is 0 Å². The average Bonchev–Trinajstić information content (AvgIpc) is 1.67. The van der Waals surface area contributed by atoms with E-state index in [0.29, 0.717) is 0 Å². The van der Waals surface area contributed by atoms with E-state index < -0.39 is 6.18 Å². The van der Waals surface area contributed by atoms with Crippen LogP contribution in [0.2, 0.25) is 0 Å². The Morgan fingerprint density at radius 1 is 1.22 bits per heavy atom. The Hall–Kier alpha value is -0.730. The van der Waals surface area contributed by atoms with Crippen molar-refractivity contribution in [3.8, 4) is 0 Å². The summed E-state index contributed by atoms with van der Waals surface area (Å²) in [6.45, 7) is 7.76. The lowest BCUT2D eigenvalue weighted by Gasteiger charge is -1.91. The largest absolute Gasteiger partial charge is 0.409 e. The quantitative estimate of drug-likeness (QED) is 0.451. The maximum absolute atomic E-state index is 10.7. The van der Waals surface area contributed by atoms with Gasteiger partial charge in [0.1, 0.15) is 0 Å². The number of hydrogen-bond acceptors (Lipinski definition) is 0. The molecule has 0 saturated carbocycles. The van der Waals surface area contributed by atoms with Crippen molar-refractivity contribution in [3.63, 3.8) is 0 Å². The molecule has 0 aromatic heterocycles. The van der Waals surface area contributed by atoms with E-state index in [1.807, 2.05) is 6.92 Å². The molecule has 9 heavy (non-hydrogen) atoms. The monoisotopic (exact) mass is 138 g/mol. The van der Waals surface area contributed by atoms with Gasteiger partial charge in [-0.1, -0.05) is 12.7 Å². The van der Waals surface area contributed by atoms with Gasteiger partial charge in [-0.05, 0) is 6.92 Å². The molecule has 3 heteroatoms. The van der Waals surface area contributed by atoms with Crippen molar-refractivity contribution in [2.45, 2.75) is 13.1 Å². The molecule has 54 valence electrons. The Morgan fingerprint density at radius 3 is 1.33 bits per heavy atom. The number of alkyl halides is 3. The molecule has 0 heterocycles. The average molecular weight is 138 g/mol. The molecular weight excluding hydrogens is 129 g/mol. The lowest BCUT2D eigenvalue weighted by atomic mass is 10.6. The van der Waals surface area contributed by atoms with E-state index in [9.17, 15) is 13.2 Å². The van der Waals surface area contributed by atoms with Crippen LogP contribution in [0.5, 0.6) is 0 Å². The van der Waals surface area contributed by atoms with Crippen LogP contribution < -0.4 is 0 Å². The molecule has 0 aromatic carbocycles. The van der Waals surface area contributed by atoms with Gasteiger partial charge in [0.15, 0.2) is 0 Å². The molecule has 0 N–H and O–H groups in total. The van der Waals surface area contributed by atoms with Crippen molar-refractivity contribution in [1.82, 2.24) is 0 Å². The predicted octanol–water partition coefficient (Wildman–Crippen LogP) is 2.93. The van der Waals surface area contributed by atoms with Gasteiger partial charge in [-0.15, -0.1) is 6.58 Å². The van der Waals surface area contributed by atoms with E-state index in [0.717, 1.165) is 0 Å². The minimum absolute atomic E-state index is 0.0625. The van der Waals surface area contributed by atoms with E-state index in [1.54, 1.807) is 6.08 Å². The standard InChI is InChI=1S/C3H3F3.C3H6/c1-2-3(4,5)6;1-3-2/h2H,1H2;3H,1H2,2H3. The number of hydrogen-bond donors (Lipinski definition) is 0. The van der Waals surface area contributed by atoms with Crippen molar-refractivity contribution in [3.05, 3.63) is 25.3 Å². The molecule has 0 spiro atoms. The van der Waals surface area contributed by atoms with Crippen LogP contribution in [0.15, 0.2) is 25.3 Å². The van der Waals surface area contributed by atoms with Crippen LogP contribution in [0.4, 0.5) is 13.2 Å². The topological polar surface area (TPSA) is 0 Å². The van der Waals surface area contributed by atoms with Gasteiger partial charge in [-0.2, -0.15) is 13.2 Å². The third-order valence-electron chi connectivity index (χ3n) is 0.231. The van der Waals surface area contributed by atoms with Gasteiger partial charge in [-0.3, -0.25) is 0 Å². The Bertz CT molecular complexity index is 80.8. The Morgan fingerprint density at radius 2 is 1.33 bits per heavy atom. The molecule has 0 saturated heterocycles. The fourth-order valence-corrected chi connectivity index (χ4v) is 0. The molecule has 0 aliphatic heterocycles. The molecule has 0 rings (SSSR count). The van der Waals surface area contributed by atoms with Crippen molar-refractivity contribution in [2.24, 2.45) is 0 Å². The van der Waals surface area contributed by atoms with E-state index in [-0.39, 0.29) is 6.08 Å². The summed E-state index contributed by atoms with van der Waals surface area (Å²) in [5.74, 6) is 0. The molecule has 0 bridgehead atoms. The Labute approximate surface area is 52.7 Å². The van der Waals surface area contributed by atoms with Gasteiger partial charge in [0.25, 0.3) is 0 Å². The summed E-state index contributed by atoms with van der Waals surface area (Å²) in [4.78, 5) is 0. The second-order valence-electron chi connectivity index (χ2n) is 1.15. The number of halogens is 3. The summed E-state index contributed by atoms with van der Waals surface area (Å²) in [5, 5.41) is 0. The molecule has 0 atom stereocenters. The maximum Gasteiger partial charge on any atom is 0.409 e. The highest BCUT2D eigenvalue weighted by atomic mass is 19.4. The van der Waals surface area contributed by atoms with Gasteiger partial charge < -0.3 is 0 Å².